The molecule has 0 aliphatic heterocycles. The van der Waals surface area contributed by atoms with Crippen molar-refractivity contribution in [1.82, 2.24) is 0 Å². The Labute approximate surface area is 101 Å². The van der Waals surface area contributed by atoms with Crippen LogP contribution in [-0.4, -0.2) is 26.5 Å². The Hall–Kier alpha value is -2.21. The normalized spacial score (nSPS) is 12.8. The van der Waals surface area contributed by atoms with Crippen molar-refractivity contribution in [2.45, 2.75) is 19.4 Å². The van der Waals surface area contributed by atoms with E-state index in [0.29, 0.717) is 0 Å². The standard InChI is InChI=1S/C12H12O6/c1-5(13)2-6-3-7-10(12(17)18-6)8(14)4-9(15)11(7)16/h3-5,13-16H,2H2,1H3/t5-/m0/s1. The Kier molecular flexibility index (Phi) is 2.88. The number of aromatic hydroxyl groups is 3. The van der Waals surface area contributed by atoms with E-state index in [1.165, 1.54) is 13.0 Å². The van der Waals surface area contributed by atoms with E-state index in [-0.39, 0.29) is 23.0 Å². The van der Waals surface area contributed by atoms with Crippen molar-refractivity contribution in [3.63, 3.8) is 0 Å². The number of phenolic OH excluding ortho intramolecular Hbond substituents is 3. The van der Waals surface area contributed by atoms with Gasteiger partial charge >= 0.3 is 5.63 Å². The highest BCUT2D eigenvalue weighted by Crippen LogP contribution is 2.38. The zero-order valence-electron chi connectivity index (χ0n) is 9.54. The van der Waals surface area contributed by atoms with Gasteiger partial charge in [-0.2, -0.15) is 0 Å². The second-order valence-corrected chi connectivity index (χ2v) is 4.11. The summed E-state index contributed by atoms with van der Waals surface area (Å²) >= 11 is 0. The minimum absolute atomic E-state index is 0.0144. The fourth-order valence-electron chi connectivity index (χ4n) is 1.77. The van der Waals surface area contributed by atoms with Crippen LogP contribution in [0.15, 0.2) is 21.3 Å². The van der Waals surface area contributed by atoms with Gasteiger partial charge in [-0.3, -0.25) is 0 Å². The largest absolute Gasteiger partial charge is 0.507 e. The van der Waals surface area contributed by atoms with Crippen molar-refractivity contribution < 1.29 is 24.8 Å². The Morgan fingerprint density at radius 2 is 1.89 bits per heavy atom. The van der Waals surface area contributed by atoms with Gasteiger partial charge in [-0.15, -0.1) is 0 Å². The molecule has 0 aliphatic rings. The minimum atomic E-state index is -0.837. The van der Waals surface area contributed by atoms with Gasteiger partial charge in [-0.25, -0.2) is 4.79 Å². The van der Waals surface area contributed by atoms with Gasteiger partial charge in [-0.05, 0) is 13.0 Å². The summed E-state index contributed by atoms with van der Waals surface area (Å²) in [6.07, 6.45) is -0.639. The molecule has 2 aromatic rings. The third kappa shape index (κ3) is 1.98. The van der Waals surface area contributed by atoms with E-state index < -0.39 is 29.0 Å². The summed E-state index contributed by atoms with van der Waals surface area (Å²) in [6.45, 7) is 1.52. The van der Waals surface area contributed by atoms with E-state index in [1.807, 2.05) is 0 Å². The molecule has 0 aliphatic carbocycles. The van der Waals surface area contributed by atoms with E-state index in [1.54, 1.807) is 0 Å². The molecule has 6 heteroatoms. The molecule has 0 fully saturated rings. The molecule has 0 spiro atoms. The lowest BCUT2D eigenvalue weighted by Crippen LogP contribution is -2.08. The first-order chi connectivity index (χ1) is 8.40. The van der Waals surface area contributed by atoms with Crippen LogP contribution in [0.5, 0.6) is 17.2 Å². The lowest BCUT2D eigenvalue weighted by atomic mass is 10.1. The van der Waals surface area contributed by atoms with Crippen LogP contribution in [0.3, 0.4) is 0 Å². The van der Waals surface area contributed by atoms with Crippen molar-refractivity contribution in [3.05, 3.63) is 28.3 Å². The van der Waals surface area contributed by atoms with Crippen LogP contribution in [0.25, 0.3) is 10.8 Å². The molecule has 2 rings (SSSR count). The maximum Gasteiger partial charge on any atom is 0.347 e. The monoisotopic (exact) mass is 252 g/mol. The van der Waals surface area contributed by atoms with E-state index in [2.05, 4.69) is 0 Å². The molecule has 1 atom stereocenters. The van der Waals surface area contributed by atoms with Gasteiger partial charge in [0, 0.05) is 17.9 Å². The predicted octanol–water partition coefficient (Wildman–Crippen LogP) is 0.833. The molecule has 96 valence electrons. The summed E-state index contributed by atoms with van der Waals surface area (Å²) in [7, 11) is 0. The number of fused-ring (bicyclic) bond motifs is 1. The Balaban J connectivity index is 2.79. The lowest BCUT2D eigenvalue weighted by molar-refractivity contribution is 0.186. The second-order valence-electron chi connectivity index (χ2n) is 4.11. The molecule has 0 unspecified atom stereocenters. The molecule has 0 saturated carbocycles. The number of benzene rings is 1. The number of hydrogen-bond donors (Lipinski definition) is 4. The molecule has 0 amide bonds. The third-order valence-electron chi connectivity index (χ3n) is 2.53. The first-order valence-corrected chi connectivity index (χ1v) is 5.29. The van der Waals surface area contributed by atoms with Crippen molar-refractivity contribution >= 4 is 10.8 Å². The first kappa shape index (κ1) is 12.3. The summed E-state index contributed by atoms with van der Waals surface area (Å²) in [6, 6.07) is 2.17. The van der Waals surface area contributed by atoms with Gasteiger partial charge in [0.05, 0.1) is 6.10 Å². The molecule has 1 aromatic carbocycles. The zero-order chi connectivity index (χ0) is 13.4. The zero-order valence-corrected chi connectivity index (χ0v) is 9.54. The van der Waals surface area contributed by atoms with Crippen LogP contribution >= 0.6 is 0 Å². The Bertz CT molecular complexity index is 656. The molecule has 0 bridgehead atoms. The molecular formula is C12H12O6. The number of hydrogen-bond acceptors (Lipinski definition) is 6. The molecular weight excluding hydrogens is 240 g/mol. The minimum Gasteiger partial charge on any atom is -0.507 e. The van der Waals surface area contributed by atoms with Crippen molar-refractivity contribution in [2.24, 2.45) is 0 Å². The third-order valence-corrected chi connectivity index (χ3v) is 2.53. The van der Waals surface area contributed by atoms with E-state index in [4.69, 9.17) is 4.42 Å². The molecule has 0 saturated heterocycles. The average Bonchev–Trinajstić information content (AvgIpc) is 2.24. The smallest absolute Gasteiger partial charge is 0.347 e. The van der Waals surface area contributed by atoms with Gasteiger partial charge in [-0.1, -0.05) is 0 Å². The van der Waals surface area contributed by atoms with Gasteiger partial charge < -0.3 is 24.8 Å². The summed E-state index contributed by atoms with van der Waals surface area (Å²) < 4.78 is 4.91. The van der Waals surface area contributed by atoms with Gasteiger partial charge in [0.15, 0.2) is 11.5 Å². The lowest BCUT2D eigenvalue weighted by Gasteiger charge is -2.07. The van der Waals surface area contributed by atoms with Crippen LogP contribution in [0.4, 0.5) is 0 Å². The van der Waals surface area contributed by atoms with Gasteiger partial charge in [0.2, 0.25) is 0 Å². The van der Waals surface area contributed by atoms with Crippen LogP contribution in [0, 0.1) is 0 Å². The summed E-state index contributed by atoms with van der Waals surface area (Å²) in [5.41, 5.74) is -0.837. The van der Waals surface area contributed by atoms with E-state index >= 15 is 0 Å². The van der Waals surface area contributed by atoms with Gasteiger partial charge in [0.25, 0.3) is 0 Å². The summed E-state index contributed by atoms with van der Waals surface area (Å²) in [5, 5.41) is 37.6. The van der Waals surface area contributed by atoms with Crippen LogP contribution in [0.2, 0.25) is 0 Å². The SMILES string of the molecule is C[C@H](O)Cc1cc2c(O)c(O)cc(O)c2c(=O)o1. The van der Waals surface area contributed by atoms with Gasteiger partial charge in [0.1, 0.15) is 16.9 Å². The predicted molar refractivity (Wildman–Crippen MR) is 62.9 cm³/mol. The summed E-state index contributed by atoms with van der Waals surface area (Å²) in [4.78, 5) is 11.7. The number of rotatable bonds is 2. The molecule has 18 heavy (non-hydrogen) atoms. The highest BCUT2D eigenvalue weighted by atomic mass is 16.4. The van der Waals surface area contributed by atoms with Crippen LogP contribution in [0.1, 0.15) is 12.7 Å². The number of phenols is 3. The number of aliphatic hydroxyl groups excluding tert-OH is 1. The van der Waals surface area contributed by atoms with Crippen molar-refractivity contribution in [2.75, 3.05) is 0 Å². The topological polar surface area (TPSA) is 111 Å². The Morgan fingerprint density at radius 3 is 2.50 bits per heavy atom. The van der Waals surface area contributed by atoms with Crippen LogP contribution in [-0.2, 0) is 6.42 Å². The summed E-state index contributed by atoms with van der Waals surface area (Å²) in [5.74, 6) is -1.36. The maximum absolute atomic E-state index is 11.7. The van der Waals surface area contributed by atoms with Crippen molar-refractivity contribution in [1.29, 1.82) is 0 Å². The van der Waals surface area contributed by atoms with Crippen molar-refractivity contribution in [3.8, 4) is 17.2 Å². The first-order valence-electron chi connectivity index (χ1n) is 5.29. The van der Waals surface area contributed by atoms with Crippen LogP contribution < -0.4 is 5.63 Å². The van der Waals surface area contributed by atoms with E-state index in [0.717, 1.165) is 6.07 Å². The fourth-order valence-corrected chi connectivity index (χ4v) is 1.77. The molecule has 6 nitrogen and oxygen atoms in total. The second kappa shape index (κ2) is 4.23. The quantitative estimate of drug-likeness (QED) is 0.465. The fraction of sp³-hybridized carbons (Fsp3) is 0.250. The average molecular weight is 252 g/mol. The highest BCUT2D eigenvalue weighted by molar-refractivity contribution is 5.94. The maximum atomic E-state index is 11.7. The molecule has 1 aromatic heterocycles. The molecule has 1 heterocycles. The number of aliphatic hydroxyl groups is 1. The molecule has 4 N–H and O–H groups in total. The van der Waals surface area contributed by atoms with E-state index in [9.17, 15) is 25.2 Å². The highest BCUT2D eigenvalue weighted by Gasteiger charge is 2.16. The Morgan fingerprint density at radius 1 is 1.22 bits per heavy atom. The molecule has 0 radical (unpaired) electrons.